The third-order valence-corrected chi connectivity index (χ3v) is 7.28. The molecule has 29 heavy (non-hydrogen) atoms. The van der Waals surface area contributed by atoms with Crippen molar-refractivity contribution in [2.45, 2.75) is 24.2 Å². The molecule has 0 radical (unpaired) electrons. The van der Waals surface area contributed by atoms with Crippen molar-refractivity contribution in [1.82, 2.24) is 4.98 Å². The number of halogens is 1. The van der Waals surface area contributed by atoms with Crippen molar-refractivity contribution in [1.29, 1.82) is 0 Å². The molecule has 0 aliphatic carbocycles. The number of fused-ring (bicyclic) bond motifs is 1. The first-order valence-corrected chi connectivity index (χ1v) is 12.4. The van der Waals surface area contributed by atoms with Crippen LogP contribution in [0.4, 0.5) is 10.8 Å². The van der Waals surface area contributed by atoms with Gasteiger partial charge in [0.25, 0.3) is 5.91 Å². The zero-order valence-corrected chi connectivity index (χ0v) is 18.2. The highest BCUT2D eigenvalue weighted by Crippen LogP contribution is 2.31. The monoisotopic (exact) mass is 449 g/mol. The van der Waals surface area contributed by atoms with Crippen LogP contribution in [0, 0.1) is 0 Å². The summed E-state index contributed by atoms with van der Waals surface area (Å²) in [5.41, 5.74) is 2.02. The Morgan fingerprint density at radius 3 is 2.62 bits per heavy atom. The minimum Gasteiger partial charge on any atom is -0.370 e. The van der Waals surface area contributed by atoms with Crippen molar-refractivity contribution in [2.24, 2.45) is 0 Å². The molecule has 0 saturated carbocycles. The number of nitrogens with zero attached hydrogens (tertiary/aromatic N) is 2. The van der Waals surface area contributed by atoms with E-state index in [4.69, 9.17) is 11.6 Å². The maximum Gasteiger partial charge on any atom is 0.257 e. The smallest absolute Gasteiger partial charge is 0.257 e. The van der Waals surface area contributed by atoms with E-state index in [2.05, 4.69) is 15.2 Å². The van der Waals surface area contributed by atoms with Gasteiger partial charge in [-0.05, 0) is 55.7 Å². The third-order valence-electron chi connectivity index (χ3n) is 4.91. The molecule has 1 fully saturated rings. The maximum atomic E-state index is 12.8. The number of amides is 1. The van der Waals surface area contributed by atoms with Crippen molar-refractivity contribution < 1.29 is 13.2 Å². The normalized spacial score (nSPS) is 14.9. The summed E-state index contributed by atoms with van der Waals surface area (Å²) in [6, 6.07) is 10.0. The predicted octanol–water partition coefficient (Wildman–Crippen LogP) is 4.60. The van der Waals surface area contributed by atoms with E-state index in [1.807, 2.05) is 6.07 Å². The summed E-state index contributed by atoms with van der Waals surface area (Å²) in [5, 5.41) is 3.87. The summed E-state index contributed by atoms with van der Waals surface area (Å²) in [6.07, 6.45) is 4.62. The maximum absolute atomic E-state index is 12.8. The number of rotatable bonds is 4. The molecule has 1 N–H and O–H groups in total. The highest BCUT2D eigenvalue weighted by atomic mass is 35.5. The van der Waals surface area contributed by atoms with Crippen molar-refractivity contribution in [3.63, 3.8) is 0 Å². The molecule has 1 aliphatic heterocycles. The Kier molecular flexibility index (Phi) is 5.50. The van der Waals surface area contributed by atoms with Gasteiger partial charge in [0.05, 0.1) is 25.8 Å². The van der Waals surface area contributed by atoms with Crippen LogP contribution in [0.2, 0.25) is 5.02 Å². The Morgan fingerprint density at radius 1 is 1.14 bits per heavy atom. The van der Waals surface area contributed by atoms with Gasteiger partial charge in [-0.2, -0.15) is 0 Å². The molecular weight excluding hydrogens is 430 g/mol. The second kappa shape index (κ2) is 7.93. The van der Waals surface area contributed by atoms with E-state index in [0.717, 1.165) is 31.6 Å². The first kappa shape index (κ1) is 20.1. The number of benzene rings is 2. The molecule has 1 amide bonds. The van der Waals surface area contributed by atoms with Gasteiger partial charge in [-0.15, -0.1) is 0 Å². The standard InChI is InChI=1S/C20H20ClN3O3S2/c1-29(26,27)14-6-8-16-18(12-14)28-20(22-16)23-19(25)13-5-7-15(21)17(11-13)24-9-3-2-4-10-24/h5-8,11-12H,2-4,9-10H2,1H3,(H,22,23,25). The number of piperidine rings is 1. The molecule has 9 heteroatoms. The number of thiazole rings is 1. The van der Waals surface area contributed by atoms with Gasteiger partial charge in [-0.25, -0.2) is 13.4 Å². The Bertz CT molecular complexity index is 1180. The van der Waals surface area contributed by atoms with Crippen LogP contribution < -0.4 is 10.2 Å². The molecule has 6 nitrogen and oxygen atoms in total. The minimum absolute atomic E-state index is 0.232. The topological polar surface area (TPSA) is 79.4 Å². The third kappa shape index (κ3) is 4.39. The highest BCUT2D eigenvalue weighted by molar-refractivity contribution is 7.90. The molecule has 152 valence electrons. The van der Waals surface area contributed by atoms with Crippen molar-refractivity contribution in [3.05, 3.63) is 47.0 Å². The molecule has 4 rings (SSSR count). The molecule has 1 aliphatic rings. The average molecular weight is 450 g/mol. The second-order valence-corrected chi connectivity index (χ2v) is 10.5. The molecule has 2 heterocycles. The van der Waals surface area contributed by atoms with Gasteiger partial charge in [0.1, 0.15) is 0 Å². The van der Waals surface area contributed by atoms with E-state index in [1.54, 1.807) is 24.3 Å². The first-order chi connectivity index (χ1) is 13.8. The van der Waals surface area contributed by atoms with Gasteiger partial charge < -0.3 is 4.90 Å². The number of aromatic nitrogens is 1. The predicted molar refractivity (Wildman–Crippen MR) is 118 cm³/mol. The Morgan fingerprint density at radius 2 is 1.90 bits per heavy atom. The number of nitrogens with one attached hydrogen (secondary N) is 1. The van der Waals surface area contributed by atoms with Gasteiger partial charge in [-0.1, -0.05) is 22.9 Å². The van der Waals surface area contributed by atoms with Crippen LogP contribution in [0.1, 0.15) is 29.6 Å². The van der Waals surface area contributed by atoms with Crippen LogP contribution in [0.3, 0.4) is 0 Å². The molecule has 1 saturated heterocycles. The highest BCUT2D eigenvalue weighted by Gasteiger charge is 2.18. The van der Waals surface area contributed by atoms with Gasteiger partial charge >= 0.3 is 0 Å². The minimum atomic E-state index is -3.30. The van der Waals surface area contributed by atoms with Crippen LogP contribution in [-0.2, 0) is 9.84 Å². The van der Waals surface area contributed by atoms with E-state index in [0.29, 0.717) is 25.9 Å². The van der Waals surface area contributed by atoms with Crippen molar-refractivity contribution in [2.75, 3.05) is 29.6 Å². The summed E-state index contributed by atoms with van der Waals surface area (Å²) in [7, 11) is -3.30. The largest absolute Gasteiger partial charge is 0.370 e. The lowest BCUT2D eigenvalue weighted by Crippen LogP contribution is -2.29. The van der Waals surface area contributed by atoms with Gasteiger partial charge in [0.15, 0.2) is 15.0 Å². The lowest BCUT2D eigenvalue weighted by Gasteiger charge is -2.29. The molecule has 1 aromatic heterocycles. The lowest BCUT2D eigenvalue weighted by atomic mass is 10.1. The number of anilines is 2. The number of carbonyl (C=O) groups is 1. The second-order valence-electron chi connectivity index (χ2n) is 7.09. The molecule has 2 aromatic carbocycles. The van der Waals surface area contributed by atoms with Crippen LogP contribution in [0.15, 0.2) is 41.3 Å². The van der Waals surface area contributed by atoms with E-state index >= 15 is 0 Å². The fraction of sp³-hybridized carbons (Fsp3) is 0.300. The van der Waals surface area contributed by atoms with Crippen molar-refractivity contribution >= 4 is 59.7 Å². The molecule has 0 spiro atoms. The SMILES string of the molecule is CS(=O)(=O)c1ccc2nc(NC(=O)c3ccc(Cl)c(N4CCCCC4)c3)sc2c1. The average Bonchev–Trinajstić information content (AvgIpc) is 3.09. The van der Waals surface area contributed by atoms with E-state index in [1.165, 1.54) is 30.1 Å². The lowest BCUT2D eigenvalue weighted by molar-refractivity contribution is 0.102. The fourth-order valence-corrected chi connectivity index (χ4v) is 5.25. The number of carbonyl (C=O) groups excluding carboxylic acids is 1. The Labute approximate surface area is 178 Å². The van der Waals surface area contributed by atoms with Gasteiger partial charge in [0, 0.05) is 24.9 Å². The summed E-state index contributed by atoms with van der Waals surface area (Å²) >= 11 is 7.61. The number of hydrogen-bond acceptors (Lipinski definition) is 6. The van der Waals surface area contributed by atoms with E-state index in [-0.39, 0.29) is 10.8 Å². The van der Waals surface area contributed by atoms with Crippen LogP contribution in [-0.4, -0.2) is 38.7 Å². The van der Waals surface area contributed by atoms with Crippen LogP contribution in [0.25, 0.3) is 10.2 Å². The summed E-state index contributed by atoms with van der Waals surface area (Å²) in [4.78, 5) is 19.6. The van der Waals surface area contributed by atoms with Crippen LogP contribution in [0.5, 0.6) is 0 Å². The number of sulfone groups is 1. The van der Waals surface area contributed by atoms with Gasteiger partial charge in [-0.3, -0.25) is 10.1 Å². The fourth-order valence-electron chi connectivity index (χ4n) is 3.39. The zero-order valence-electron chi connectivity index (χ0n) is 15.8. The molecule has 0 atom stereocenters. The van der Waals surface area contributed by atoms with Gasteiger partial charge in [0.2, 0.25) is 0 Å². The van der Waals surface area contributed by atoms with Crippen molar-refractivity contribution in [3.8, 4) is 0 Å². The summed E-state index contributed by atoms with van der Waals surface area (Å²) < 4.78 is 24.2. The first-order valence-electron chi connectivity index (χ1n) is 9.28. The summed E-state index contributed by atoms with van der Waals surface area (Å²) in [5.74, 6) is -0.276. The number of hydrogen-bond donors (Lipinski definition) is 1. The van der Waals surface area contributed by atoms with E-state index in [9.17, 15) is 13.2 Å². The Balaban J connectivity index is 1.57. The molecule has 0 bridgehead atoms. The zero-order chi connectivity index (χ0) is 20.6. The van der Waals surface area contributed by atoms with Crippen LogP contribution >= 0.6 is 22.9 Å². The van der Waals surface area contributed by atoms with E-state index < -0.39 is 9.84 Å². The molecule has 3 aromatic rings. The quantitative estimate of drug-likeness (QED) is 0.629. The summed E-state index contributed by atoms with van der Waals surface area (Å²) in [6.45, 7) is 1.87. The Hall–Kier alpha value is -2.16. The molecule has 0 unspecified atom stereocenters. The molecular formula is C20H20ClN3O3S2.